The first-order chi connectivity index (χ1) is 7.31. The van der Waals surface area contributed by atoms with Crippen LogP contribution in [-0.2, 0) is 13.5 Å². The number of nitrogens with zero attached hydrogens (tertiary/aromatic N) is 2. The highest BCUT2D eigenvalue weighted by Crippen LogP contribution is 2.18. The van der Waals surface area contributed by atoms with Crippen molar-refractivity contribution in [3.8, 4) is 0 Å². The Hall–Kier alpha value is -1.17. The van der Waals surface area contributed by atoms with Gasteiger partial charge in [0.05, 0.1) is 11.7 Å². The number of hydrogen-bond donors (Lipinski definition) is 2. The molecule has 1 atom stereocenters. The van der Waals surface area contributed by atoms with Crippen LogP contribution < -0.4 is 11.3 Å². The van der Waals surface area contributed by atoms with Crippen molar-refractivity contribution in [1.29, 1.82) is 0 Å². The van der Waals surface area contributed by atoms with Crippen LogP contribution >= 0.6 is 11.3 Å². The molecule has 2 aromatic heterocycles. The number of aromatic nitrogens is 2. The van der Waals surface area contributed by atoms with E-state index in [2.05, 4.69) is 27.4 Å². The van der Waals surface area contributed by atoms with Crippen molar-refractivity contribution in [3.63, 3.8) is 0 Å². The van der Waals surface area contributed by atoms with E-state index >= 15 is 0 Å². The number of thiophene rings is 1. The van der Waals surface area contributed by atoms with Gasteiger partial charge in [-0.2, -0.15) is 16.4 Å². The van der Waals surface area contributed by atoms with Crippen molar-refractivity contribution in [2.45, 2.75) is 12.5 Å². The van der Waals surface area contributed by atoms with E-state index in [-0.39, 0.29) is 6.04 Å². The molecule has 3 N–H and O–H groups in total. The summed E-state index contributed by atoms with van der Waals surface area (Å²) in [7, 11) is 1.92. The molecule has 4 nitrogen and oxygen atoms in total. The van der Waals surface area contributed by atoms with E-state index in [0.717, 1.165) is 12.1 Å². The summed E-state index contributed by atoms with van der Waals surface area (Å²) >= 11 is 1.70. The minimum atomic E-state index is 0.118. The highest BCUT2D eigenvalue weighted by molar-refractivity contribution is 7.07. The lowest BCUT2D eigenvalue weighted by Crippen LogP contribution is -2.31. The van der Waals surface area contributed by atoms with Gasteiger partial charge in [0.2, 0.25) is 0 Å². The minimum absolute atomic E-state index is 0.118. The molecule has 0 spiro atoms. The standard InChI is InChI=1S/C10H14N4S/c1-14-10(2-4-12-14)9(13-11)6-8-3-5-15-7-8/h2-5,7,9,13H,6,11H2,1H3. The van der Waals surface area contributed by atoms with Crippen LogP contribution in [0.1, 0.15) is 17.3 Å². The van der Waals surface area contributed by atoms with E-state index in [9.17, 15) is 0 Å². The van der Waals surface area contributed by atoms with Gasteiger partial charge in [0.1, 0.15) is 0 Å². The summed E-state index contributed by atoms with van der Waals surface area (Å²) in [6.45, 7) is 0. The predicted octanol–water partition coefficient (Wildman–Crippen LogP) is 1.23. The number of nitrogens with one attached hydrogen (secondary N) is 1. The summed E-state index contributed by atoms with van der Waals surface area (Å²) in [5.41, 5.74) is 5.22. The van der Waals surface area contributed by atoms with Crippen molar-refractivity contribution in [2.24, 2.45) is 12.9 Å². The quantitative estimate of drug-likeness (QED) is 0.604. The zero-order chi connectivity index (χ0) is 10.7. The van der Waals surface area contributed by atoms with Crippen LogP contribution in [0.25, 0.3) is 0 Å². The van der Waals surface area contributed by atoms with Crippen LogP contribution in [0.3, 0.4) is 0 Å². The van der Waals surface area contributed by atoms with Crippen LogP contribution in [0.5, 0.6) is 0 Å². The van der Waals surface area contributed by atoms with Gasteiger partial charge in [0, 0.05) is 13.2 Å². The fourth-order valence-electron chi connectivity index (χ4n) is 1.62. The largest absolute Gasteiger partial charge is 0.271 e. The molecule has 1 unspecified atom stereocenters. The van der Waals surface area contributed by atoms with Gasteiger partial charge < -0.3 is 0 Å². The van der Waals surface area contributed by atoms with Gasteiger partial charge in [-0.05, 0) is 34.9 Å². The zero-order valence-corrected chi connectivity index (χ0v) is 9.37. The lowest BCUT2D eigenvalue weighted by atomic mass is 10.1. The maximum atomic E-state index is 5.56. The highest BCUT2D eigenvalue weighted by Gasteiger charge is 2.13. The van der Waals surface area contributed by atoms with Gasteiger partial charge in [-0.1, -0.05) is 0 Å². The summed E-state index contributed by atoms with van der Waals surface area (Å²) in [5.74, 6) is 5.56. The van der Waals surface area contributed by atoms with Crippen molar-refractivity contribution in [2.75, 3.05) is 0 Å². The molecule has 2 rings (SSSR count). The summed E-state index contributed by atoms with van der Waals surface area (Å²) in [4.78, 5) is 0. The van der Waals surface area contributed by atoms with Gasteiger partial charge in [-0.25, -0.2) is 0 Å². The topological polar surface area (TPSA) is 55.9 Å². The maximum absolute atomic E-state index is 5.56. The molecule has 5 heteroatoms. The minimum Gasteiger partial charge on any atom is -0.271 e. The smallest absolute Gasteiger partial charge is 0.0669 e. The second kappa shape index (κ2) is 4.57. The third-order valence-corrected chi connectivity index (χ3v) is 3.17. The Morgan fingerprint density at radius 1 is 1.60 bits per heavy atom. The summed E-state index contributed by atoms with van der Waals surface area (Å²) < 4.78 is 1.84. The molecule has 0 aliphatic carbocycles. The number of nitrogens with two attached hydrogens (primary N) is 1. The molecule has 0 saturated heterocycles. The van der Waals surface area contributed by atoms with Crippen molar-refractivity contribution >= 4 is 11.3 Å². The molecule has 0 bridgehead atoms. The Balaban J connectivity index is 2.15. The summed E-state index contributed by atoms with van der Waals surface area (Å²) in [6.07, 6.45) is 2.67. The van der Waals surface area contributed by atoms with Crippen molar-refractivity contribution in [1.82, 2.24) is 15.2 Å². The Morgan fingerprint density at radius 2 is 2.47 bits per heavy atom. The molecular weight excluding hydrogens is 208 g/mol. The number of aryl methyl sites for hydroxylation is 1. The normalized spacial score (nSPS) is 12.9. The van der Waals surface area contributed by atoms with E-state index in [1.807, 2.05) is 17.8 Å². The molecule has 0 aliphatic heterocycles. The number of hydrogen-bond acceptors (Lipinski definition) is 4. The van der Waals surface area contributed by atoms with Crippen LogP contribution in [0, 0.1) is 0 Å². The molecule has 0 radical (unpaired) electrons. The molecular formula is C10H14N4S. The third kappa shape index (κ3) is 2.26. The van der Waals surface area contributed by atoms with Gasteiger partial charge in [-0.15, -0.1) is 0 Å². The summed E-state index contributed by atoms with van der Waals surface area (Å²) in [6, 6.07) is 4.22. The molecule has 0 aliphatic rings. The van der Waals surface area contributed by atoms with E-state index < -0.39 is 0 Å². The van der Waals surface area contributed by atoms with E-state index in [1.54, 1.807) is 17.5 Å². The molecule has 0 fully saturated rings. The Bertz CT molecular complexity index is 407. The SMILES string of the molecule is Cn1nccc1C(Cc1ccsc1)NN. The predicted molar refractivity (Wildman–Crippen MR) is 61.3 cm³/mol. The summed E-state index contributed by atoms with van der Waals surface area (Å²) in [5, 5.41) is 8.35. The average molecular weight is 222 g/mol. The average Bonchev–Trinajstić information content (AvgIpc) is 2.85. The van der Waals surface area contributed by atoms with Crippen molar-refractivity contribution < 1.29 is 0 Å². The van der Waals surface area contributed by atoms with E-state index in [4.69, 9.17) is 5.84 Å². The fraction of sp³-hybridized carbons (Fsp3) is 0.300. The lowest BCUT2D eigenvalue weighted by molar-refractivity contribution is 0.509. The zero-order valence-electron chi connectivity index (χ0n) is 8.55. The molecule has 0 amide bonds. The second-order valence-electron chi connectivity index (χ2n) is 3.43. The molecule has 2 aromatic rings. The maximum Gasteiger partial charge on any atom is 0.0669 e. The lowest BCUT2D eigenvalue weighted by Gasteiger charge is -2.15. The fourth-order valence-corrected chi connectivity index (χ4v) is 2.30. The molecule has 80 valence electrons. The Morgan fingerprint density at radius 3 is 3.00 bits per heavy atom. The van der Waals surface area contributed by atoms with Gasteiger partial charge in [0.15, 0.2) is 0 Å². The molecule has 0 aromatic carbocycles. The first-order valence-electron chi connectivity index (χ1n) is 4.76. The first-order valence-corrected chi connectivity index (χ1v) is 5.70. The molecule has 2 heterocycles. The first kappa shape index (κ1) is 10.4. The Kier molecular flexibility index (Phi) is 3.15. The van der Waals surface area contributed by atoms with Gasteiger partial charge in [0.25, 0.3) is 0 Å². The van der Waals surface area contributed by atoms with Crippen LogP contribution in [0.15, 0.2) is 29.1 Å². The van der Waals surface area contributed by atoms with E-state index in [0.29, 0.717) is 0 Å². The molecule has 15 heavy (non-hydrogen) atoms. The number of hydrazine groups is 1. The number of rotatable bonds is 4. The van der Waals surface area contributed by atoms with Gasteiger partial charge >= 0.3 is 0 Å². The van der Waals surface area contributed by atoms with Crippen LogP contribution in [0.4, 0.5) is 0 Å². The van der Waals surface area contributed by atoms with Crippen molar-refractivity contribution in [3.05, 3.63) is 40.3 Å². The highest BCUT2D eigenvalue weighted by atomic mass is 32.1. The van der Waals surface area contributed by atoms with Crippen LogP contribution in [-0.4, -0.2) is 9.78 Å². The van der Waals surface area contributed by atoms with E-state index in [1.165, 1.54) is 5.56 Å². The van der Waals surface area contributed by atoms with Gasteiger partial charge in [-0.3, -0.25) is 16.0 Å². The van der Waals surface area contributed by atoms with Crippen LogP contribution in [0.2, 0.25) is 0 Å². The Labute approximate surface area is 92.7 Å². The molecule has 0 saturated carbocycles. The second-order valence-corrected chi connectivity index (χ2v) is 4.21. The monoisotopic (exact) mass is 222 g/mol. The third-order valence-electron chi connectivity index (χ3n) is 2.44.